The molecule has 0 unspecified atom stereocenters. The highest BCUT2D eigenvalue weighted by Gasteiger charge is 2.16. The van der Waals surface area contributed by atoms with Gasteiger partial charge in [-0.2, -0.15) is 0 Å². The second-order valence-corrected chi connectivity index (χ2v) is 7.08. The molecule has 0 aliphatic carbocycles. The molecule has 3 rings (SSSR count). The zero-order chi connectivity index (χ0) is 17.8. The maximum absolute atomic E-state index is 12.2. The Morgan fingerprint density at radius 2 is 2.08 bits per heavy atom. The fourth-order valence-corrected chi connectivity index (χ4v) is 3.62. The molecule has 130 valence electrons. The van der Waals surface area contributed by atoms with E-state index in [1.54, 1.807) is 18.0 Å². The fourth-order valence-electron chi connectivity index (χ4n) is 2.36. The van der Waals surface area contributed by atoms with Gasteiger partial charge in [0.1, 0.15) is 5.76 Å². The van der Waals surface area contributed by atoms with E-state index in [1.165, 1.54) is 11.8 Å². The van der Waals surface area contributed by atoms with Crippen molar-refractivity contribution >= 4 is 35.1 Å². The number of benzene rings is 1. The van der Waals surface area contributed by atoms with Crippen molar-refractivity contribution in [3.63, 3.8) is 0 Å². The van der Waals surface area contributed by atoms with Crippen LogP contribution < -0.4 is 5.32 Å². The molecule has 2 heterocycles. The summed E-state index contributed by atoms with van der Waals surface area (Å²) in [7, 11) is 1.88. The van der Waals surface area contributed by atoms with Gasteiger partial charge in [0.15, 0.2) is 11.0 Å². The molecule has 6 nitrogen and oxygen atoms in total. The topological polar surface area (TPSA) is 73.0 Å². The van der Waals surface area contributed by atoms with Gasteiger partial charge in [-0.1, -0.05) is 23.9 Å². The van der Waals surface area contributed by atoms with Gasteiger partial charge >= 0.3 is 0 Å². The van der Waals surface area contributed by atoms with Gasteiger partial charge in [-0.3, -0.25) is 4.79 Å². The van der Waals surface area contributed by atoms with E-state index in [-0.39, 0.29) is 11.7 Å². The summed E-state index contributed by atoms with van der Waals surface area (Å²) in [6.07, 6.45) is 3.61. The summed E-state index contributed by atoms with van der Waals surface area (Å²) in [5.41, 5.74) is 1.73. The van der Waals surface area contributed by atoms with Gasteiger partial charge in [-0.05, 0) is 31.4 Å². The van der Waals surface area contributed by atoms with Crippen LogP contribution in [0.25, 0.3) is 11.4 Å². The number of aromatic nitrogens is 3. The van der Waals surface area contributed by atoms with Crippen molar-refractivity contribution in [2.45, 2.75) is 17.0 Å². The third kappa shape index (κ3) is 3.91. The Labute approximate surface area is 154 Å². The molecular weight excluding hydrogens is 356 g/mol. The smallest absolute Gasteiger partial charge is 0.234 e. The molecule has 1 N–H and O–H groups in total. The predicted molar refractivity (Wildman–Crippen MR) is 101 cm³/mol. The van der Waals surface area contributed by atoms with Crippen molar-refractivity contribution < 1.29 is 9.21 Å². The lowest BCUT2D eigenvalue weighted by Gasteiger charge is -2.09. The van der Waals surface area contributed by atoms with Gasteiger partial charge in [0.05, 0.1) is 23.3 Å². The summed E-state index contributed by atoms with van der Waals surface area (Å²) in [5, 5.41) is 12.0. The minimum atomic E-state index is -0.0736. The number of anilines is 1. The van der Waals surface area contributed by atoms with Crippen LogP contribution >= 0.6 is 23.5 Å². The lowest BCUT2D eigenvalue weighted by molar-refractivity contribution is -0.113. The Morgan fingerprint density at radius 3 is 2.80 bits per heavy atom. The Kier molecular flexibility index (Phi) is 5.50. The van der Waals surface area contributed by atoms with Crippen molar-refractivity contribution in [3.05, 3.63) is 42.4 Å². The van der Waals surface area contributed by atoms with E-state index < -0.39 is 0 Å². The molecule has 1 amide bonds. The van der Waals surface area contributed by atoms with Crippen molar-refractivity contribution in [1.29, 1.82) is 0 Å². The number of nitrogens with zero attached hydrogens (tertiary/aromatic N) is 3. The molecule has 0 radical (unpaired) electrons. The van der Waals surface area contributed by atoms with E-state index in [0.29, 0.717) is 5.16 Å². The number of nitrogens with one attached hydrogen (secondary N) is 1. The summed E-state index contributed by atoms with van der Waals surface area (Å²) in [6.45, 7) is 1.88. The standard InChI is InChI=1S/C17H18N4O2S2/c1-11-12(8-9-23-11)16-19-20-17(21(16)2)25-10-15(22)18-13-6-4-5-7-14(13)24-3/h4-9H,10H2,1-3H3,(H,18,22). The zero-order valence-electron chi connectivity index (χ0n) is 14.1. The number of aryl methyl sites for hydroxylation is 1. The van der Waals surface area contributed by atoms with Gasteiger partial charge in [-0.25, -0.2) is 0 Å². The van der Waals surface area contributed by atoms with Gasteiger partial charge in [0.2, 0.25) is 5.91 Å². The largest absolute Gasteiger partial charge is 0.469 e. The number of thioether (sulfide) groups is 2. The third-order valence-corrected chi connectivity index (χ3v) is 5.46. The molecule has 0 atom stereocenters. The molecule has 25 heavy (non-hydrogen) atoms. The fraction of sp³-hybridized carbons (Fsp3) is 0.235. The molecule has 0 saturated heterocycles. The van der Waals surface area contributed by atoms with Crippen LogP contribution in [0.1, 0.15) is 5.76 Å². The number of hydrogen-bond acceptors (Lipinski definition) is 6. The molecule has 0 aliphatic rings. The lowest BCUT2D eigenvalue weighted by atomic mass is 10.2. The second-order valence-electron chi connectivity index (χ2n) is 5.29. The van der Waals surface area contributed by atoms with Crippen LogP contribution in [0, 0.1) is 6.92 Å². The van der Waals surface area contributed by atoms with E-state index in [0.717, 1.165) is 27.7 Å². The van der Waals surface area contributed by atoms with Gasteiger partial charge in [0.25, 0.3) is 0 Å². The number of hydrogen-bond donors (Lipinski definition) is 1. The van der Waals surface area contributed by atoms with E-state index in [2.05, 4.69) is 15.5 Å². The number of rotatable bonds is 6. The van der Waals surface area contributed by atoms with Crippen molar-refractivity contribution in [2.24, 2.45) is 7.05 Å². The van der Waals surface area contributed by atoms with Gasteiger partial charge in [-0.15, -0.1) is 22.0 Å². The third-order valence-electron chi connectivity index (χ3n) is 3.65. The maximum Gasteiger partial charge on any atom is 0.234 e. The molecule has 0 saturated carbocycles. The Bertz CT molecular complexity index is 888. The molecule has 0 fully saturated rings. The summed E-state index contributed by atoms with van der Waals surface area (Å²) in [6, 6.07) is 9.60. The first-order valence-corrected chi connectivity index (χ1v) is 9.80. The zero-order valence-corrected chi connectivity index (χ0v) is 15.8. The monoisotopic (exact) mass is 374 g/mol. The predicted octanol–water partition coefficient (Wildman–Crippen LogP) is 3.84. The van der Waals surface area contributed by atoms with Crippen LogP contribution in [0.3, 0.4) is 0 Å². The molecular formula is C17H18N4O2S2. The van der Waals surface area contributed by atoms with Crippen LogP contribution in [-0.4, -0.2) is 32.7 Å². The van der Waals surface area contributed by atoms with E-state index >= 15 is 0 Å². The minimum absolute atomic E-state index is 0.0736. The maximum atomic E-state index is 12.2. The molecule has 0 bridgehead atoms. The highest BCUT2D eigenvalue weighted by Crippen LogP contribution is 2.27. The molecule has 2 aromatic heterocycles. The number of para-hydroxylation sites is 1. The quantitative estimate of drug-likeness (QED) is 0.661. The van der Waals surface area contributed by atoms with E-state index in [4.69, 9.17) is 4.42 Å². The normalized spacial score (nSPS) is 10.8. The molecule has 0 spiro atoms. The first kappa shape index (κ1) is 17.6. The Balaban J connectivity index is 1.65. The van der Waals surface area contributed by atoms with Crippen LogP contribution in [0.4, 0.5) is 5.69 Å². The Hall–Kier alpha value is -2.19. The van der Waals surface area contributed by atoms with Gasteiger partial charge < -0.3 is 14.3 Å². The van der Waals surface area contributed by atoms with Crippen molar-refractivity contribution in [3.8, 4) is 11.4 Å². The summed E-state index contributed by atoms with van der Waals surface area (Å²) in [4.78, 5) is 13.3. The summed E-state index contributed by atoms with van der Waals surface area (Å²) < 4.78 is 7.18. The van der Waals surface area contributed by atoms with Crippen LogP contribution in [0.5, 0.6) is 0 Å². The van der Waals surface area contributed by atoms with Crippen molar-refractivity contribution in [2.75, 3.05) is 17.3 Å². The summed E-state index contributed by atoms with van der Waals surface area (Å²) in [5.74, 6) is 1.70. The van der Waals surface area contributed by atoms with Crippen molar-refractivity contribution in [1.82, 2.24) is 14.8 Å². The molecule has 0 aliphatic heterocycles. The first-order chi connectivity index (χ1) is 12.1. The van der Waals surface area contributed by atoms with Crippen LogP contribution in [0.2, 0.25) is 0 Å². The van der Waals surface area contributed by atoms with Gasteiger partial charge in [0, 0.05) is 11.9 Å². The van der Waals surface area contributed by atoms with Crippen LogP contribution in [-0.2, 0) is 11.8 Å². The molecule has 8 heteroatoms. The number of carbonyl (C=O) groups excluding carboxylic acids is 1. The Morgan fingerprint density at radius 1 is 1.28 bits per heavy atom. The average Bonchev–Trinajstić information content (AvgIpc) is 3.19. The van der Waals surface area contributed by atoms with E-state index in [9.17, 15) is 4.79 Å². The molecule has 1 aromatic carbocycles. The second kappa shape index (κ2) is 7.79. The highest BCUT2D eigenvalue weighted by molar-refractivity contribution is 7.99. The number of furan rings is 1. The first-order valence-electron chi connectivity index (χ1n) is 7.59. The average molecular weight is 374 g/mol. The SMILES string of the molecule is CSc1ccccc1NC(=O)CSc1nnc(-c2ccoc2C)n1C. The van der Waals surface area contributed by atoms with E-state index in [1.807, 2.05) is 55.1 Å². The molecule has 3 aromatic rings. The number of carbonyl (C=O) groups is 1. The lowest BCUT2D eigenvalue weighted by Crippen LogP contribution is -2.15. The summed E-state index contributed by atoms with van der Waals surface area (Å²) >= 11 is 2.95. The minimum Gasteiger partial charge on any atom is -0.469 e. The highest BCUT2D eigenvalue weighted by atomic mass is 32.2. The number of amides is 1. The van der Waals surface area contributed by atoms with Crippen LogP contribution in [0.15, 0.2) is 51.1 Å².